The van der Waals surface area contributed by atoms with E-state index < -0.39 is 5.91 Å². The fraction of sp³-hybridized carbons (Fsp3) is 0.400. The Morgan fingerprint density at radius 1 is 1.29 bits per heavy atom. The summed E-state index contributed by atoms with van der Waals surface area (Å²) in [4.78, 5) is 13.7. The second-order valence-corrected chi connectivity index (χ2v) is 5.26. The fourth-order valence-corrected chi connectivity index (χ4v) is 2.60. The molecule has 0 aromatic carbocycles. The topological polar surface area (TPSA) is 158 Å². The molecule has 24 heavy (non-hydrogen) atoms. The van der Waals surface area contributed by atoms with Gasteiger partial charge in [-0.1, -0.05) is 0 Å². The Morgan fingerprint density at radius 3 is 2.54 bits per heavy atom. The monoisotopic (exact) mass is 327 g/mol. The van der Waals surface area contributed by atoms with Gasteiger partial charge in [0.15, 0.2) is 5.76 Å². The van der Waals surface area contributed by atoms with Crippen molar-refractivity contribution < 1.29 is 9.21 Å². The predicted octanol–water partition coefficient (Wildman–Crippen LogP) is 0.391. The van der Waals surface area contributed by atoms with Crippen molar-refractivity contribution in [2.24, 2.45) is 21.7 Å². The summed E-state index contributed by atoms with van der Waals surface area (Å²) < 4.78 is 5.71. The third kappa shape index (κ3) is 3.36. The van der Waals surface area contributed by atoms with Crippen molar-refractivity contribution >= 4 is 17.6 Å². The van der Waals surface area contributed by atoms with Gasteiger partial charge in [0.1, 0.15) is 18.8 Å². The van der Waals surface area contributed by atoms with Crippen LogP contribution in [0.15, 0.2) is 14.6 Å². The van der Waals surface area contributed by atoms with E-state index in [9.17, 15) is 4.79 Å². The van der Waals surface area contributed by atoms with Crippen LogP contribution < -0.4 is 11.5 Å². The molecular weight excluding hydrogens is 310 g/mol. The van der Waals surface area contributed by atoms with Crippen LogP contribution in [0.4, 0.5) is 0 Å². The summed E-state index contributed by atoms with van der Waals surface area (Å²) in [6, 6.07) is 3.74. The summed E-state index contributed by atoms with van der Waals surface area (Å²) in [5.74, 6) is 0.109. The van der Waals surface area contributed by atoms with Crippen LogP contribution in [0.1, 0.15) is 40.3 Å². The maximum absolute atomic E-state index is 12.6. The number of fused-ring (bicyclic) bond motifs is 1. The summed E-state index contributed by atoms with van der Waals surface area (Å²) in [5, 5.41) is 25.3. The number of aryl methyl sites for hydroxylation is 1. The van der Waals surface area contributed by atoms with Gasteiger partial charge in [-0.15, -0.1) is 5.10 Å². The average molecular weight is 327 g/mol. The lowest BCUT2D eigenvalue weighted by molar-refractivity contribution is 0.0760. The minimum atomic E-state index is -0.494. The van der Waals surface area contributed by atoms with Gasteiger partial charge < -0.3 is 20.8 Å². The number of nitrogens with zero attached hydrogens (tertiary/aromatic N) is 5. The van der Waals surface area contributed by atoms with E-state index in [1.54, 1.807) is 6.92 Å². The lowest BCUT2D eigenvalue weighted by atomic mass is 9.93. The number of carbonyl (C=O) groups excluding carboxylic acids is 1. The maximum atomic E-state index is 12.6. The van der Waals surface area contributed by atoms with Crippen LogP contribution in [0.25, 0.3) is 0 Å². The number of hydrogen-bond acceptors (Lipinski definition) is 6. The lowest BCUT2D eigenvalue weighted by Gasteiger charge is -2.14. The SMILES string of the molecule is Cc1c(C(=O)N(CC#N)CC#N)oc2c1/C(=N/N=C(N)N)CCC2. The maximum Gasteiger partial charge on any atom is 0.291 e. The van der Waals surface area contributed by atoms with Crippen LogP contribution in [0, 0.1) is 29.6 Å². The van der Waals surface area contributed by atoms with Gasteiger partial charge in [-0.25, -0.2) is 0 Å². The molecule has 0 aliphatic heterocycles. The molecule has 2 rings (SSSR count). The molecule has 0 spiro atoms. The minimum Gasteiger partial charge on any atom is -0.455 e. The Balaban J connectivity index is 2.44. The molecular formula is C15H17N7O2. The molecule has 0 saturated heterocycles. The molecule has 9 nitrogen and oxygen atoms in total. The zero-order valence-corrected chi connectivity index (χ0v) is 13.2. The lowest BCUT2D eigenvalue weighted by Crippen LogP contribution is -2.32. The van der Waals surface area contributed by atoms with Gasteiger partial charge in [0, 0.05) is 17.5 Å². The Hall–Kier alpha value is -3.33. The highest BCUT2D eigenvalue weighted by Crippen LogP contribution is 2.30. The molecule has 4 N–H and O–H groups in total. The van der Waals surface area contributed by atoms with Crippen molar-refractivity contribution in [3.63, 3.8) is 0 Å². The van der Waals surface area contributed by atoms with E-state index in [2.05, 4.69) is 10.2 Å². The summed E-state index contributed by atoms with van der Waals surface area (Å²) in [7, 11) is 0. The largest absolute Gasteiger partial charge is 0.455 e. The van der Waals surface area contributed by atoms with Gasteiger partial charge in [-0.3, -0.25) is 4.79 Å². The van der Waals surface area contributed by atoms with Gasteiger partial charge in [0.05, 0.1) is 17.9 Å². The van der Waals surface area contributed by atoms with Gasteiger partial charge in [0.25, 0.3) is 5.91 Å². The van der Waals surface area contributed by atoms with E-state index in [1.807, 2.05) is 12.1 Å². The summed E-state index contributed by atoms with van der Waals surface area (Å²) in [6.07, 6.45) is 2.13. The molecule has 124 valence electrons. The van der Waals surface area contributed by atoms with Gasteiger partial charge in [-0.2, -0.15) is 15.6 Å². The molecule has 0 unspecified atom stereocenters. The molecule has 1 amide bonds. The summed E-state index contributed by atoms with van der Waals surface area (Å²) >= 11 is 0. The van der Waals surface area contributed by atoms with Gasteiger partial charge in [0.2, 0.25) is 5.96 Å². The van der Waals surface area contributed by atoms with Crippen molar-refractivity contribution in [2.75, 3.05) is 13.1 Å². The zero-order valence-electron chi connectivity index (χ0n) is 13.2. The van der Waals surface area contributed by atoms with Crippen molar-refractivity contribution in [1.29, 1.82) is 10.5 Å². The number of hydrogen-bond donors (Lipinski definition) is 2. The first-order valence-corrected chi connectivity index (χ1v) is 7.30. The molecule has 1 heterocycles. The zero-order chi connectivity index (χ0) is 17.7. The highest BCUT2D eigenvalue weighted by atomic mass is 16.4. The molecule has 9 heteroatoms. The number of carbonyl (C=O) groups is 1. The van der Waals surface area contributed by atoms with Crippen molar-refractivity contribution in [3.05, 3.63) is 22.6 Å². The third-order valence-electron chi connectivity index (χ3n) is 3.62. The number of nitriles is 2. The first-order chi connectivity index (χ1) is 11.5. The number of nitrogens with two attached hydrogens (primary N) is 2. The van der Waals surface area contributed by atoms with Crippen LogP contribution in [-0.2, 0) is 6.42 Å². The van der Waals surface area contributed by atoms with Crippen LogP contribution >= 0.6 is 0 Å². The van der Waals surface area contributed by atoms with Crippen LogP contribution in [-0.4, -0.2) is 35.6 Å². The van der Waals surface area contributed by atoms with Gasteiger partial charge in [-0.05, 0) is 19.8 Å². The summed E-state index contributed by atoms with van der Waals surface area (Å²) in [5.41, 5.74) is 12.6. The molecule has 1 aliphatic rings. The number of amides is 1. The predicted molar refractivity (Wildman–Crippen MR) is 85.9 cm³/mol. The van der Waals surface area contributed by atoms with Gasteiger partial charge >= 0.3 is 0 Å². The summed E-state index contributed by atoms with van der Waals surface area (Å²) in [6.45, 7) is 1.36. The number of guanidine groups is 1. The first kappa shape index (κ1) is 17.0. The molecule has 1 aromatic rings. The number of furan rings is 1. The van der Waals surface area contributed by atoms with Crippen molar-refractivity contribution in [1.82, 2.24) is 4.90 Å². The highest BCUT2D eigenvalue weighted by Gasteiger charge is 2.30. The molecule has 0 atom stereocenters. The second-order valence-electron chi connectivity index (χ2n) is 5.26. The van der Waals surface area contributed by atoms with Crippen LogP contribution in [0.3, 0.4) is 0 Å². The quantitative estimate of drug-likeness (QED) is 0.352. The second kappa shape index (κ2) is 7.29. The van der Waals surface area contributed by atoms with E-state index in [0.29, 0.717) is 29.9 Å². The van der Waals surface area contributed by atoms with E-state index in [1.165, 1.54) is 0 Å². The Kier molecular flexibility index (Phi) is 5.17. The van der Waals surface area contributed by atoms with Crippen molar-refractivity contribution in [3.8, 4) is 12.1 Å². The van der Waals surface area contributed by atoms with E-state index in [0.717, 1.165) is 16.9 Å². The minimum absolute atomic E-state index is 0.116. The standard InChI is InChI=1S/C15H17N7O2/c1-9-12-10(20-21-15(18)19)3-2-4-11(12)24-13(9)14(23)22(7-5-16)8-6-17/h2-4,7-8H2,1H3,(H4,18,19,21)/b20-10+. The van der Waals surface area contributed by atoms with E-state index in [4.69, 9.17) is 26.4 Å². The fourth-order valence-electron chi connectivity index (χ4n) is 2.60. The first-order valence-electron chi connectivity index (χ1n) is 7.30. The van der Waals surface area contributed by atoms with E-state index >= 15 is 0 Å². The molecule has 0 saturated carbocycles. The number of rotatable bonds is 4. The average Bonchev–Trinajstić information content (AvgIpc) is 2.89. The molecule has 1 aliphatic carbocycles. The highest BCUT2D eigenvalue weighted by molar-refractivity contribution is 6.06. The Morgan fingerprint density at radius 2 is 1.96 bits per heavy atom. The smallest absolute Gasteiger partial charge is 0.291 e. The van der Waals surface area contributed by atoms with Crippen LogP contribution in [0.5, 0.6) is 0 Å². The molecule has 0 radical (unpaired) electrons. The van der Waals surface area contributed by atoms with Crippen molar-refractivity contribution in [2.45, 2.75) is 26.2 Å². The third-order valence-corrected chi connectivity index (χ3v) is 3.62. The molecule has 0 bridgehead atoms. The van der Waals surface area contributed by atoms with Crippen LogP contribution in [0.2, 0.25) is 0 Å². The Labute approximate surface area is 138 Å². The molecule has 1 aromatic heterocycles. The molecule has 0 fully saturated rings. The Bertz CT molecular complexity index is 772. The van der Waals surface area contributed by atoms with E-state index in [-0.39, 0.29) is 24.8 Å². The normalized spacial score (nSPS) is 14.4.